The number of rotatable bonds is 3. The first-order valence-electron chi connectivity index (χ1n) is 6.29. The molecule has 2 rings (SSSR count). The molecule has 0 aromatic heterocycles. The van der Waals surface area contributed by atoms with Gasteiger partial charge in [0.1, 0.15) is 4.99 Å². The Morgan fingerprint density at radius 1 is 1.53 bits per heavy atom. The number of hydrogen-bond acceptors (Lipinski definition) is 3. The van der Waals surface area contributed by atoms with E-state index in [1.807, 2.05) is 31.2 Å². The second kappa shape index (κ2) is 5.67. The highest BCUT2D eigenvalue weighted by molar-refractivity contribution is 7.80. The van der Waals surface area contributed by atoms with Crippen molar-refractivity contribution in [3.63, 3.8) is 0 Å². The Morgan fingerprint density at radius 3 is 2.84 bits per heavy atom. The van der Waals surface area contributed by atoms with Crippen LogP contribution in [0, 0.1) is 5.92 Å². The highest BCUT2D eigenvalue weighted by atomic mass is 32.1. The zero-order chi connectivity index (χ0) is 14.0. The van der Waals surface area contributed by atoms with Gasteiger partial charge in [-0.1, -0.05) is 24.4 Å². The summed E-state index contributed by atoms with van der Waals surface area (Å²) in [5.41, 5.74) is 7.18. The van der Waals surface area contributed by atoms with Crippen LogP contribution in [0.1, 0.15) is 18.9 Å². The monoisotopic (exact) mass is 278 g/mol. The number of anilines is 1. The molecule has 19 heavy (non-hydrogen) atoms. The van der Waals surface area contributed by atoms with E-state index in [9.17, 15) is 4.79 Å². The Balaban J connectivity index is 2.19. The zero-order valence-corrected chi connectivity index (χ0v) is 11.9. The quantitative estimate of drug-likeness (QED) is 0.855. The molecule has 2 N–H and O–H groups in total. The minimum Gasteiger partial charge on any atom is -0.389 e. The molecular weight excluding hydrogens is 260 g/mol. The maximum atomic E-state index is 12.4. The van der Waals surface area contributed by atoms with E-state index < -0.39 is 0 Å². The van der Waals surface area contributed by atoms with Crippen LogP contribution in [0.5, 0.6) is 0 Å². The summed E-state index contributed by atoms with van der Waals surface area (Å²) in [6, 6.07) is 7.40. The fourth-order valence-electron chi connectivity index (χ4n) is 2.30. The average molecular weight is 278 g/mol. The molecule has 0 bridgehead atoms. The second-order valence-corrected chi connectivity index (χ2v) is 5.22. The number of hydrogen-bond donors (Lipinski definition) is 1. The summed E-state index contributed by atoms with van der Waals surface area (Å²) >= 11 is 4.95. The van der Waals surface area contributed by atoms with Crippen LogP contribution in [-0.4, -0.2) is 30.7 Å². The number of carbonyl (C=O) groups excluding carboxylic acids is 1. The lowest BCUT2D eigenvalue weighted by Gasteiger charge is -2.23. The topological polar surface area (TPSA) is 55.6 Å². The van der Waals surface area contributed by atoms with Gasteiger partial charge in [-0.15, -0.1) is 0 Å². The molecule has 1 aliphatic rings. The maximum absolute atomic E-state index is 12.4. The fraction of sp³-hybridized carbons (Fsp3) is 0.429. The predicted octanol–water partition coefficient (Wildman–Crippen LogP) is 1.71. The fourth-order valence-corrected chi connectivity index (χ4v) is 2.43. The van der Waals surface area contributed by atoms with Crippen molar-refractivity contribution in [1.29, 1.82) is 0 Å². The van der Waals surface area contributed by atoms with E-state index in [-0.39, 0.29) is 17.9 Å². The minimum absolute atomic E-state index is 0.0197. The van der Waals surface area contributed by atoms with Gasteiger partial charge in [-0.3, -0.25) is 4.79 Å². The molecule has 0 radical (unpaired) electrons. The van der Waals surface area contributed by atoms with Crippen molar-refractivity contribution >= 4 is 28.8 Å². The van der Waals surface area contributed by atoms with Gasteiger partial charge in [0.05, 0.1) is 12.0 Å². The summed E-state index contributed by atoms with van der Waals surface area (Å²) in [7, 11) is 1.77. The Hall–Kier alpha value is -1.46. The molecule has 1 aromatic carbocycles. The summed E-state index contributed by atoms with van der Waals surface area (Å²) in [5, 5.41) is 0. The lowest BCUT2D eigenvalue weighted by atomic mass is 10.0. The highest BCUT2D eigenvalue weighted by Gasteiger charge is 2.33. The number of thiocarbonyl (C=S) groups is 1. The smallest absolute Gasteiger partial charge is 0.232 e. The van der Waals surface area contributed by atoms with Gasteiger partial charge in [0, 0.05) is 24.9 Å². The van der Waals surface area contributed by atoms with E-state index in [2.05, 4.69) is 0 Å². The molecule has 0 saturated carbocycles. The van der Waals surface area contributed by atoms with Crippen molar-refractivity contribution in [2.75, 3.05) is 18.6 Å². The summed E-state index contributed by atoms with van der Waals surface area (Å²) in [6.07, 6.45) is 0.757. The van der Waals surface area contributed by atoms with Crippen LogP contribution in [0.25, 0.3) is 0 Å². The molecule has 1 fully saturated rings. The third kappa shape index (κ3) is 2.93. The molecule has 0 aliphatic carbocycles. The molecule has 1 saturated heterocycles. The number of ether oxygens (including phenoxy) is 1. The second-order valence-electron chi connectivity index (χ2n) is 4.78. The van der Waals surface area contributed by atoms with Gasteiger partial charge < -0.3 is 15.4 Å². The highest BCUT2D eigenvalue weighted by Crippen LogP contribution is 2.25. The molecule has 0 spiro atoms. The third-order valence-corrected chi connectivity index (χ3v) is 3.78. The molecule has 2 atom stereocenters. The molecule has 102 valence electrons. The zero-order valence-electron chi connectivity index (χ0n) is 11.1. The first-order valence-corrected chi connectivity index (χ1v) is 6.70. The predicted molar refractivity (Wildman–Crippen MR) is 79.3 cm³/mol. The van der Waals surface area contributed by atoms with E-state index >= 15 is 0 Å². The summed E-state index contributed by atoms with van der Waals surface area (Å²) in [4.78, 5) is 14.4. The summed E-state index contributed by atoms with van der Waals surface area (Å²) < 4.78 is 5.45. The SMILES string of the molecule is CC1OCCC1C(=O)N(C)c1cccc(C(N)=S)c1. The average Bonchev–Trinajstić information content (AvgIpc) is 2.83. The molecule has 1 aromatic rings. The van der Waals surface area contributed by atoms with Gasteiger partial charge in [-0.2, -0.15) is 0 Å². The molecule has 4 nitrogen and oxygen atoms in total. The Labute approximate surface area is 118 Å². The van der Waals surface area contributed by atoms with E-state index in [0.29, 0.717) is 11.6 Å². The standard InChI is InChI=1S/C14H18N2O2S/c1-9-12(6-7-18-9)14(17)16(2)11-5-3-4-10(8-11)13(15)19/h3-5,8-9,12H,6-7H2,1-2H3,(H2,15,19). The van der Waals surface area contributed by atoms with Crippen LogP contribution >= 0.6 is 12.2 Å². The van der Waals surface area contributed by atoms with Crippen molar-refractivity contribution < 1.29 is 9.53 Å². The van der Waals surface area contributed by atoms with Crippen molar-refractivity contribution in [3.05, 3.63) is 29.8 Å². The van der Waals surface area contributed by atoms with Crippen molar-refractivity contribution in [1.82, 2.24) is 0 Å². The number of carbonyl (C=O) groups is 1. The van der Waals surface area contributed by atoms with Crippen LogP contribution in [0.2, 0.25) is 0 Å². The maximum Gasteiger partial charge on any atom is 0.232 e. The van der Waals surface area contributed by atoms with Crippen LogP contribution in [0.3, 0.4) is 0 Å². The van der Waals surface area contributed by atoms with Gasteiger partial charge in [-0.05, 0) is 25.5 Å². The molecule has 5 heteroatoms. The Bertz CT molecular complexity index is 504. The first kappa shape index (κ1) is 14.0. The lowest BCUT2D eigenvalue weighted by Crippen LogP contribution is -2.36. The Morgan fingerprint density at radius 2 is 2.26 bits per heavy atom. The van der Waals surface area contributed by atoms with Gasteiger partial charge >= 0.3 is 0 Å². The summed E-state index contributed by atoms with van der Waals surface area (Å²) in [6.45, 7) is 2.59. The Kier molecular flexibility index (Phi) is 4.17. The normalized spacial score (nSPS) is 22.2. The number of amides is 1. The van der Waals surface area contributed by atoms with E-state index in [1.165, 1.54) is 0 Å². The van der Waals surface area contributed by atoms with E-state index in [4.69, 9.17) is 22.7 Å². The van der Waals surface area contributed by atoms with Gasteiger partial charge in [0.2, 0.25) is 5.91 Å². The van der Waals surface area contributed by atoms with E-state index in [0.717, 1.165) is 17.7 Å². The van der Waals surface area contributed by atoms with Crippen LogP contribution in [0.15, 0.2) is 24.3 Å². The van der Waals surface area contributed by atoms with Crippen LogP contribution in [0.4, 0.5) is 5.69 Å². The number of benzene rings is 1. The largest absolute Gasteiger partial charge is 0.389 e. The van der Waals surface area contributed by atoms with Crippen LogP contribution in [-0.2, 0) is 9.53 Å². The molecular formula is C14H18N2O2S. The third-order valence-electron chi connectivity index (χ3n) is 3.54. The molecule has 1 aliphatic heterocycles. The van der Waals surface area contributed by atoms with Crippen molar-refractivity contribution in [2.45, 2.75) is 19.4 Å². The summed E-state index contributed by atoms with van der Waals surface area (Å²) in [5.74, 6) is 0.00331. The number of nitrogens with two attached hydrogens (primary N) is 1. The molecule has 1 amide bonds. The number of nitrogens with zero attached hydrogens (tertiary/aromatic N) is 1. The molecule has 1 heterocycles. The van der Waals surface area contributed by atoms with Gasteiger partial charge in [0.25, 0.3) is 0 Å². The van der Waals surface area contributed by atoms with Gasteiger partial charge in [0.15, 0.2) is 0 Å². The lowest BCUT2D eigenvalue weighted by molar-refractivity contribution is -0.123. The minimum atomic E-state index is -0.0708. The van der Waals surface area contributed by atoms with Crippen molar-refractivity contribution in [2.24, 2.45) is 11.7 Å². The van der Waals surface area contributed by atoms with Crippen molar-refractivity contribution in [3.8, 4) is 0 Å². The van der Waals surface area contributed by atoms with Gasteiger partial charge in [-0.25, -0.2) is 0 Å². The molecule has 2 unspecified atom stereocenters. The van der Waals surface area contributed by atoms with E-state index in [1.54, 1.807) is 11.9 Å². The van der Waals surface area contributed by atoms with Crippen LogP contribution < -0.4 is 10.6 Å². The first-order chi connectivity index (χ1) is 9.00.